The standard InChI is InChI=1S/C19H34NO5P/c1-4-23-26(22,24-5-2)16(3)19(21)25-20(17-12-8-6-9-13-17)18-14-10-7-11-15-18/h17-18H,3-15H2,1-2H3/q+1. The molecule has 0 heterocycles. The highest BCUT2D eigenvalue weighted by Crippen LogP contribution is 2.59. The highest BCUT2D eigenvalue weighted by molar-refractivity contribution is 7.65. The Hall–Kier alpha value is -0.520. The molecule has 2 aliphatic carbocycles. The zero-order valence-electron chi connectivity index (χ0n) is 16.3. The molecule has 6 nitrogen and oxygen atoms in total. The van der Waals surface area contributed by atoms with Crippen molar-refractivity contribution in [3.8, 4) is 0 Å². The normalized spacial score (nSPS) is 20.3. The number of carbonyl (C=O) groups excluding carboxylic acids is 1. The Morgan fingerprint density at radius 2 is 1.38 bits per heavy atom. The van der Waals surface area contributed by atoms with Crippen LogP contribution in [0.5, 0.6) is 0 Å². The van der Waals surface area contributed by atoms with Gasteiger partial charge in [-0.15, -0.1) is 0 Å². The summed E-state index contributed by atoms with van der Waals surface area (Å²) in [5.41, 5.74) is 0. The molecule has 2 saturated carbocycles. The molecule has 2 rings (SSSR count). The minimum absolute atomic E-state index is 0.179. The Morgan fingerprint density at radius 3 is 1.77 bits per heavy atom. The van der Waals surface area contributed by atoms with Gasteiger partial charge in [0.1, 0.15) is 0 Å². The third-order valence-corrected chi connectivity index (χ3v) is 7.26. The van der Waals surface area contributed by atoms with E-state index in [0.29, 0.717) is 0 Å². The van der Waals surface area contributed by atoms with E-state index in [2.05, 4.69) is 6.58 Å². The van der Waals surface area contributed by atoms with Crippen molar-refractivity contribution in [1.82, 2.24) is 5.06 Å². The molecule has 149 valence electrons. The van der Waals surface area contributed by atoms with Crippen LogP contribution in [0.25, 0.3) is 0 Å². The van der Waals surface area contributed by atoms with Gasteiger partial charge in [-0.3, -0.25) is 0 Å². The summed E-state index contributed by atoms with van der Waals surface area (Å²) in [6.07, 6.45) is 11.2. The summed E-state index contributed by atoms with van der Waals surface area (Å²) in [5.74, 6) is -0.689. The predicted molar refractivity (Wildman–Crippen MR) is 101 cm³/mol. The summed E-state index contributed by atoms with van der Waals surface area (Å²) in [4.78, 5) is 31.4. The first-order valence-electron chi connectivity index (χ1n) is 10.1. The first-order valence-corrected chi connectivity index (χ1v) is 11.6. The molecular formula is C19H34NO5P+. The monoisotopic (exact) mass is 387 g/mol. The smallest absolute Gasteiger partial charge is 0.627 e. The summed E-state index contributed by atoms with van der Waals surface area (Å²) in [5, 5.41) is 1.69. The molecule has 26 heavy (non-hydrogen) atoms. The minimum atomic E-state index is -3.70. The van der Waals surface area contributed by atoms with E-state index in [1.165, 1.54) is 12.8 Å². The Balaban J connectivity index is 2.09. The van der Waals surface area contributed by atoms with E-state index in [1.807, 2.05) is 5.06 Å². The molecule has 7 heteroatoms. The lowest BCUT2D eigenvalue weighted by atomic mass is 9.90. The van der Waals surface area contributed by atoms with E-state index in [9.17, 15) is 9.69 Å². The molecule has 0 aliphatic heterocycles. The lowest BCUT2D eigenvalue weighted by Gasteiger charge is -2.34. The molecule has 0 atom stereocenters. The summed E-state index contributed by atoms with van der Waals surface area (Å²) < 4.78 is 10.5. The topological polar surface area (TPSA) is 73.9 Å². The van der Waals surface area contributed by atoms with Crippen molar-refractivity contribution in [2.45, 2.75) is 90.1 Å². The van der Waals surface area contributed by atoms with Crippen LogP contribution in [-0.2, 0) is 18.7 Å². The fourth-order valence-electron chi connectivity index (χ4n) is 3.91. The van der Waals surface area contributed by atoms with Crippen LogP contribution in [0.15, 0.2) is 11.9 Å². The van der Waals surface area contributed by atoms with Crippen LogP contribution in [0.3, 0.4) is 0 Å². The molecule has 0 aromatic heterocycles. The molecule has 0 unspecified atom stereocenters. The van der Waals surface area contributed by atoms with Gasteiger partial charge in [-0.05, 0) is 51.2 Å². The van der Waals surface area contributed by atoms with Crippen molar-refractivity contribution in [1.29, 1.82) is 0 Å². The molecule has 0 aromatic rings. The van der Waals surface area contributed by atoms with E-state index in [0.717, 1.165) is 51.4 Å². The van der Waals surface area contributed by atoms with Gasteiger partial charge in [0.25, 0.3) is 13.3 Å². The van der Waals surface area contributed by atoms with Gasteiger partial charge in [0.15, 0.2) is 0 Å². The molecule has 0 N–H and O–H groups in total. The first-order chi connectivity index (χ1) is 12.5. The number of hydrogen-bond donors (Lipinski definition) is 0. The maximum absolute atomic E-state index is 12.8. The van der Waals surface area contributed by atoms with Crippen LogP contribution in [0.1, 0.15) is 78.1 Å². The zero-order valence-corrected chi connectivity index (χ0v) is 17.2. The van der Waals surface area contributed by atoms with Gasteiger partial charge >= 0.3 is 5.97 Å². The highest BCUT2D eigenvalue weighted by Gasteiger charge is 2.50. The lowest BCUT2D eigenvalue weighted by Crippen LogP contribution is -2.46. The second-order valence-corrected chi connectivity index (χ2v) is 9.15. The van der Waals surface area contributed by atoms with Gasteiger partial charge in [-0.2, -0.15) is 4.84 Å². The number of carbonyl (C=O) groups is 1. The maximum Gasteiger partial charge on any atom is 0.670 e. The molecule has 2 fully saturated rings. The Morgan fingerprint density at radius 1 is 0.962 bits per heavy atom. The molecule has 0 aromatic carbocycles. The van der Waals surface area contributed by atoms with Gasteiger partial charge in [0.2, 0.25) is 0 Å². The van der Waals surface area contributed by atoms with E-state index in [4.69, 9.17) is 13.9 Å². The molecule has 0 saturated heterocycles. The Bertz CT molecular complexity index is 437. The van der Waals surface area contributed by atoms with Crippen molar-refractivity contribution < 1.29 is 23.6 Å². The SMILES string of the molecule is C=C(C(=[O+])ON(C1CCCCC1)C1CCCCC1)[P+]([O-])(OCC)OCC. The Kier molecular flexibility index (Phi) is 8.98. The maximum atomic E-state index is 12.8. The van der Waals surface area contributed by atoms with Gasteiger partial charge in [-0.1, -0.05) is 38.5 Å². The van der Waals surface area contributed by atoms with E-state index >= 15 is 0 Å². The second kappa shape index (κ2) is 10.7. The fraction of sp³-hybridized carbons (Fsp3) is 0.842. The summed E-state index contributed by atoms with van der Waals surface area (Å²) >= 11 is 0. The summed E-state index contributed by atoms with van der Waals surface area (Å²) in [7, 11) is -3.70. The van der Waals surface area contributed by atoms with Crippen molar-refractivity contribution >= 4 is 13.9 Å². The van der Waals surface area contributed by atoms with Crippen LogP contribution in [0.2, 0.25) is 0 Å². The van der Waals surface area contributed by atoms with Crippen molar-refractivity contribution in [2.24, 2.45) is 0 Å². The lowest BCUT2D eigenvalue weighted by molar-refractivity contribution is -0.225. The van der Waals surface area contributed by atoms with Crippen LogP contribution in [0.4, 0.5) is 0 Å². The summed E-state index contributed by atoms with van der Waals surface area (Å²) in [6.45, 7) is 7.47. The first kappa shape index (κ1) is 21.8. The predicted octanol–water partition coefficient (Wildman–Crippen LogP) is 4.12. The molecule has 0 bridgehead atoms. The van der Waals surface area contributed by atoms with Gasteiger partial charge < -0.3 is 4.89 Å². The number of hydroxylamine groups is 2. The molecular weight excluding hydrogens is 353 g/mol. The van der Waals surface area contributed by atoms with Crippen LogP contribution >= 0.6 is 7.94 Å². The van der Waals surface area contributed by atoms with Crippen LogP contribution in [-0.4, -0.2) is 36.3 Å². The number of hydrogen-bond acceptors (Lipinski definition) is 6. The van der Waals surface area contributed by atoms with E-state index in [-0.39, 0.29) is 30.6 Å². The van der Waals surface area contributed by atoms with Gasteiger partial charge in [0.05, 0.1) is 30.1 Å². The molecule has 0 amide bonds. The van der Waals surface area contributed by atoms with Crippen molar-refractivity contribution in [3.63, 3.8) is 0 Å². The van der Waals surface area contributed by atoms with Gasteiger partial charge in [-0.25, -0.2) is 9.05 Å². The van der Waals surface area contributed by atoms with Crippen molar-refractivity contribution in [2.75, 3.05) is 13.2 Å². The van der Waals surface area contributed by atoms with E-state index in [1.54, 1.807) is 13.8 Å². The average molecular weight is 387 g/mol. The number of nitrogens with zero attached hydrogens (tertiary/aromatic N) is 1. The molecule has 1 radical (unpaired) electrons. The van der Waals surface area contributed by atoms with E-state index < -0.39 is 13.9 Å². The van der Waals surface area contributed by atoms with Crippen molar-refractivity contribution in [3.05, 3.63) is 11.9 Å². The summed E-state index contributed by atoms with van der Waals surface area (Å²) in [6, 6.07) is 0.476. The van der Waals surface area contributed by atoms with Crippen LogP contribution in [0, 0.1) is 0 Å². The fourth-order valence-corrected chi connectivity index (χ4v) is 5.24. The molecule has 0 spiro atoms. The number of rotatable bonds is 9. The Labute approximate surface area is 158 Å². The minimum Gasteiger partial charge on any atom is -0.627 e. The largest absolute Gasteiger partial charge is 0.670 e. The van der Waals surface area contributed by atoms with Gasteiger partial charge in [0, 0.05) is 0 Å². The average Bonchev–Trinajstić information content (AvgIpc) is 2.67. The highest BCUT2D eigenvalue weighted by atomic mass is 31.2. The second-order valence-electron chi connectivity index (χ2n) is 7.10. The quantitative estimate of drug-likeness (QED) is 0.256. The third-order valence-electron chi connectivity index (χ3n) is 5.22. The zero-order chi connectivity index (χ0) is 19.0. The third kappa shape index (κ3) is 5.74. The van der Waals surface area contributed by atoms with Crippen LogP contribution < -0.4 is 4.89 Å². The molecule has 2 aliphatic rings.